The van der Waals surface area contributed by atoms with E-state index in [1.807, 2.05) is 19.9 Å². The van der Waals surface area contributed by atoms with Crippen LogP contribution in [0.1, 0.15) is 47.0 Å². The minimum Gasteiger partial charge on any atom is -0.289 e. The second-order valence-electron chi connectivity index (χ2n) is 4.81. The van der Waals surface area contributed by atoms with E-state index < -0.39 is 0 Å². The van der Waals surface area contributed by atoms with Crippen molar-refractivity contribution in [3.05, 3.63) is 23.3 Å². The first kappa shape index (κ1) is 11.2. The van der Waals surface area contributed by atoms with E-state index in [4.69, 9.17) is 0 Å². The Kier molecular flexibility index (Phi) is 3.30. The molecule has 1 aliphatic carbocycles. The van der Waals surface area contributed by atoms with E-state index in [0.29, 0.717) is 0 Å². The Morgan fingerprint density at radius 3 is 2.64 bits per heavy atom. The summed E-state index contributed by atoms with van der Waals surface area (Å²) in [6.07, 6.45) is 7.34. The van der Waals surface area contributed by atoms with Gasteiger partial charge in [0, 0.05) is 0 Å². The monoisotopic (exact) mass is 192 g/mol. The molecule has 1 rings (SSSR count). The predicted molar refractivity (Wildman–Crippen MR) is 60.2 cm³/mol. The molecule has 0 saturated heterocycles. The van der Waals surface area contributed by atoms with Crippen LogP contribution in [0, 0.1) is 5.41 Å². The maximum absolute atomic E-state index is 11.9. The summed E-state index contributed by atoms with van der Waals surface area (Å²) < 4.78 is 0. The first-order chi connectivity index (χ1) is 6.46. The van der Waals surface area contributed by atoms with E-state index in [1.165, 1.54) is 6.42 Å². The summed E-state index contributed by atoms with van der Waals surface area (Å²) in [5.74, 6) is 0.236. The molecule has 0 fully saturated rings. The highest BCUT2D eigenvalue weighted by Crippen LogP contribution is 2.33. The molecule has 1 aliphatic rings. The summed E-state index contributed by atoms with van der Waals surface area (Å²) in [6, 6.07) is 0. The standard InChI is InChI=1S/C13H20O/c1-5-10(2)12(14)11-7-6-8-13(3,4)9-11/h5,9H,6-8H2,1-4H3. The van der Waals surface area contributed by atoms with Gasteiger partial charge in [-0.25, -0.2) is 0 Å². The lowest BCUT2D eigenvalue weighted by atomic mass is 9.78. The van der Waals surface area contributed by atoms with Crippen molar-refractivity contribution >= 4 is 5.78 Å². The van der Waals surface area contributed by atoms with Crippen LogP contribution in [0.4, 0.5) is 0 Å². The largest absolute Gasteiger partial charge is 0.289 e. The molecule has 0 spiro atoms. The topological polar surface area (TPSA) is 17.1 Å². The Labute approximate surface area is 86.9 Å². The number of rotatable bonds is 2. The minimum atomic E-state index is 0.206. The molecule has 0 amide bonds. The normalized spacial score (nSPS) is 21.7. The smallest absolute Gasteiger partial charge is 0.184 e. The molecule has 14 heavy (non-hydrogen) atoms. The molecule has 1 nitrogen and oxygen atoms in total. The Balaban J connectivity index is 2.89. The molecule has 0 N–H and O–H groups in total. The lowest BCUT2D eigenvalue weighted by Crippen LogP contribution is -2.17. The third-order valence-corrected chi connectivity index (χ3v) is 2.92. The fourth-order valence-electron chi connectivity index (χ4n) is 1.91. The summed E-state index contributed by atoms with van der Waals surface area (Å²) in [7, 11) is 0. The van der Waals surface area contributed by atoms with Crippen molar-refractivity contribution < 1.29 is 4.79 Å². The van der Waals surface area contributed by atoms with Crippen molar-refractivity contribution in [2.24, 2.45) is 5.41 Å². The lowest BCUT2D eigenvalue weighted by Gasteiger charge is -2.26. The molecule has 0 aromatic rings. The zero-order valence-electron chi connectivity index (χ0n) is 9.68. The summed E-state index contributed by atoms with van der Waals surface area (Å²) >= 11 is 0. The zero-order valence-corrected chi connectivity index (χ0v) is 9.68. The van der Waals surface area contributed by atoms with Crippen LogP contribution in [-0.4, -0.2) is 5.78 Å². The first-order valence-corrected chi connectivity index (χ1v) is 5.35. The number of hydrogen-bond donors (Lipinski definition) is 0. The van der Waals surface area contributed by atoms with Crippen LogP contribution in [0.25, 0.3) is 0 Å². The second kappa shape index (κ2) is 4.12. The molecule has 78 valence electrons. The quantitative estimate of drug-likeness (QED) is 0.610. The zero-order chi connectivity index (χ0) is 10.8. The number of allylic oxidation sites excluding steroid dienone is 4. The minimum absolute atomic E-state index is 0.206. The van der Waals surface area contributed by atoms with E-state index in [-0.39, 0.29) is 11.2 Å². The molecule has 0 aliphatic heterocycles. The Morgan fingerprint density at radius 1 is 1.50 bits per heavy atom. The van der Waals surface area contributed by atoms with Gasteiger partial charge in [-0.1, -0.05) is 26.0 Å². The summed E-state index contributed by atoms with van der Waals surface area (Å²) in [5.41, 5.74) is 2.09. The lowest BCUT2D eigenvalue weighted by molar-refractivity contribution is -0.112. The van der Waals surface area contributed by atoms with Crippen molar-refractivity contribution in [3.8, 4) is 0 Å². The average molecular weight is 192 g/mol. The van der Waals surface area contributed by atoms with E-state index in [2.05, 4.69) is 19.9 Å². The van der Waals surface area contributed by atoms with Crippen LogP contribution < -0.4 is 0 Å². The highest BCUT2D eigenvalue weighted by molar-refractivity contribution is 6.07. The van der Waals surface area contributed by atoms with E-state index >= 15 is 0 Å². The SMILES string of the molecule is CC=C(C)C(=O)C1=CC(C)(C)CCC1. The van der Waals surface area contributed by atoms with Crippen molar-refractivity contribution in [1.82, 2.24) is 0 Å². The van der Waals surface area contributed by atoms with Crippen molar-refractivity contribution in [1.29, 1.82) is 0 Å². The number of hydrogen-bond acceptors (Lipinski definition) is 1. The second-order valence-corrected chi connectivity index (χ2v) is 4.81. The van der Waals surface area contributed by atoms with Crippen molar-refractivity contribution in [2.45, 2.75) is 47.0 Å². The Hall–Kier alpha value is -0.850. The molecule has 0 heterocycles. The average Bonchev–Trinajstić information content (AvgIpc) is 2.14. The maximum Gasteiger partial charge on any atom is 0.184 e. The molecule has 0 unspecified atom stereocenters. The van der Waals surface area contributed by atoms with E-state index in [1.54, 1.807) is 0 Å². The number of Topliss-reactive ketones (excluding diaryl/α,β-unsaturated/α-hetero) is 1. The van der Waals surface area contributed by atoms with Crippen LogP contribution in [-0.2, 0) is 4.79 Å². The van der Waals surface area contributed by atoms with E-state index in [9.17, 15) is 4.79 Å². The summed E-state index contributed by atoms with van der Waals surface area (Å²) in [6.45, 7) is 8.21. The Morgan fingerprint density at radius 2 is 2.14 bits per heavy atom. The van der Waals surface area contributed by atoms with Gasteiger partial charge < -0.3 is 0 Å². The van der Waals surface area contributed by atoms with Gasteiger partial charge in [0.1, 0.15) is 0 Å². The molecule has 0 bridgehead atoms. The van der Waals surface area contributed by atoms with Gasteiger partial charge in [0.15, 0.2) is 5.78 Å². The van der Waals surface area contributed by atoms with E-state index in [0.717, 1.165) is 24.0 Å². The fraction of sp³-hybridized carbons (Fsp3) is 0.615. The molecule has 0 aromatic heterocycles. The van der Waals surface area contributed by atoms with Crippen LogP contribution in [0.2, 0.25) is 0 Å². The van der Waals surface area contributed by atoms with Gasteiger partial charge in [-0.05, 0) is 49.7 Å². The predicted octanol–water partition coefficient (Wildman–Crippen LogP) is 3.66. The fourth-order valence-corrected chi connectivity index (χ4v) is 1.91. The van der Waals surface area contributed by atoms with Gasteiger partial charge in [0.25, 0.3) is 0 Å². The molecule has 0 atom stereocenters. The molecule has 0 aromatic carbocycles. The summed E-state index contributed by atoms with van der Waals surface area (Å²) in [4.78, 5) is 11.9. The van der Waals surface area contributed by atoms with Gasteiger partial charge in [0.2, 0.25) is 0 Å². The molecule has 0 saturated carbocycles. The third kappa shape index (κ3) is 2.57. The first-order valence-electron chi connectivity index (χ1n) is 5.35. The van der Waals surface area contributed by atoms with Crippen LogP contribution in [0.5, 0.6) is 0 Å². The number of carbonyl (C=O) groups excluding carboxylic acids is 1. The van der Waals surface area contributed by atoms with Crippen molar-refractivity contribution in [2.75, 3.05) is 0 Å². The van der Waals surface area contributed by atoms with Crippen molar-refractivity contribution in [3.63, 3.8) is 0 Å². The highest BCUT2D eigenvalue weighted by atomic mass is 16.1. The molecular weight excluding hydrogens is 172 g/mol. The molecular formula is C13H20O. The molecule has 0 radical (unpaired) electrons. The summed E-state index contributed by atoms with van der Waals surface area (Å²) in [5, 5.41) is 0. The van der Waals surface area contributed by atoms with Gasteiger partial charge in [0.05, 0.1) is 0 Å². The van der Waals surface area contributed by atoms with Crippen LogP contribution >= 0.6 is 0 Å². The number of carbonyl (C=O) groups is 1. The van der Waals surface area contributed by atoms with Gasteiger partial charge in [-0.3, -0.25) is 4.79 Å². The van der Waals surface area contributed by atoms with Crippen LogP contribution in [0.3, 0.4) is 0 Å². The highest BCUT2D eigenvalue weighted by Gasteiger charge is 2.23. The molecule has 1 heteroatoms. The maximum atomic E-state index is 11.9. The van der Waals surface area contributed by atoms with Gasteiger partial charge in [-0.2, -0.15) is 0 Å². The van der Waals surface area contributed by atoms with Gasteiger partial charge in [-0.15, -0.1) is 0 Å². The van der Waals surface area contributed by atoms with Crippen LogP contribution in [0.15, 0.2) is 23.3 Å². The van der Waals surface area contributed by atoms with Gasteiger partial charge >= 0.3 is 0 Å². The third-order valence-electron chi connectivity index (χ3n) is 2.92. The number of ketones is 1. The Bertz CT molecular complexity index is 292.